The van der Waals surface area contributed by atoms with Gasteiger partial charge in [0.2, 0.25) is 0 Å². The molecule has 0 aliphatic heterocycles. The minimum atomic E-state index is 0.191. The van der Waals surface area contributed by atoms with Crippen LogP contribution < -0.4 is 11.3 Å². The molecule has 0 saturated carbocycles. The van der Waals surface area contributed by atoms with Crippen LogP contribution in [0.15, 0.2) is 24.3 Å². The van der Waals surface area contributed by atoms with Crippen molar-refractivity contribution in [3.05, 3.63) is 35.4 Å². The van der Waals surface area contributed by atoms with Gasteiger partial charge in [-0.1, -0.05) is 36.8 Å². The fourth-order valence-corrected chi connectivity index (χ4v) is 1.83. The monoisotopic (exact) mass is 222 g/mol. The van der Waals surface area contributed by atoms with Gasteiger partial charge in [-0.25, -0.2) is 0 Å². The molecule has 1 aromatic carbocycles. The standard InChI is InChI=1S/C13H22N2O/c1-10-4-6-12(7-5-10)13(15-14)11(2)8-9-16-3/h4-7,11,13,15H,8-9,14H2,1-3H3. The molecule has 0 aliphatic rings. The molecule has 0 fully saturated rings. The molecule has 3 nitrogen and oxygen atoms in total. The highest BCUT2D eigenvalue weighted by Crippen LogP contribution is 2.23. The molecule has 0 bridgehead atoms. The van der Waals surface area contributed by atoms with Gasteiger partial charge in [0.25, 0.3) is 0 Å². The largest absolute Gasteiger partial charge is 0.385 e. The lowest BCUT2D eigenvalue weighted by Crippen LogP contribution is -2.33. The quantitative estimate of drug-likeness (QED) is 0.573. The van der Waals surface area contributed by atoms with Crippen molar-refractivity contribution in [2.75, 3.05) is 13.7 Å². The third kappa shape index (κ3) is 3.59. The summed E-state index contributed by atoms with van der Waals surface area (Å²) in [6, 6.07) is 8.67. The average Bonchev–Trinajstić information content (AvgIpc) is 2.30. The zero-order valence-corrected chi connectivity index (χ0v) is 10.4. The molecule has 90 valence electrons. The minimum absolute atomic E-state index is 0.191. The first-order chi connectivity index (χ1) is 7.69. The normalized spacial score (nSPS) is 14.8. The number of ether oxygens (including phenoxy) is 1. The molecule has 1 aromatic rings. The summed E-state index contributed by atoms with van der Waals surface area (Å²) >= 11 is 0. The van der Waals surface area contributed by atoms with Crippen molar-refractivity contribution in [2.24, 2.45) is 11.8 Å². The second-order valence-electron chi connectivity index (χ2n) is 4.31. The van der Waals surface area contributed by atoms with Crippen molar-refractivity contribution in [2.45, 2.75) is 26.3 Å². The number of hydrogen-bond donors (Lipinski definition) is 2. The number of hydrogen-bond acceptors (Lipinski definition) is 3. The van der Waals surface area contributed by atoms with Crippen LogP contribution in [0.4, 0.5) is 0 Å². The molecule has 0 spiro atoms. The molecular formula is C13H22N2O. The maximum atomic E-state index is 5.62. The highest BCUT2D eigenvalue weighted by atomic mass is 16.5. The summed E-state index contributed by atoms with van der Waals surface area (Å²) in [4.78, 5) is 0. The Bertz CT molecular complexity index is 297. The predicted molar refractivity (Wildman–Crippen MR) is 66.9 cm³/mol. The average molecular weight is 222 g/mol. The molecule has 3 N–H and O–H groups in total. The van der Waals surface area contributed by atoms with Gasteiger partial charge in [-0.3, -0.25) is 11.3 Å². The molecule has 0 saturated heterocycles. The van der Waals surface area contributed by atoms with E-state index in [0.29, 0.717) is 5.92 Å². The van der Waals surface area contributed by atoms with Crippen molar-refractivity contribution < 1.29 is 4.74 Å². The number of aryl methyl sites for hydroxylation is 1. The van der Waals surface area contributed by atoms with Gasteiger partial charge in [-0.15, -0.1) is 0 Å². The van der Waals surface area contributed by atoms with Crippen molar-refractivity contribution in [1.29, 1.82) is 0 Å². The van der Waals surface area contributed by atoms with Gasteiger partial charge in [0.1, 0.15) is 0 Å². The maximum Gasteiger partial charge on any atom is 0.0486 e. The second-order valence-corrected chi connectivity index (χ2v) is 4.31. The molecule has 2 atom stereocenters. The molecule has 3 heteroatoms. The van der Waals surface area contributed by atoms with Gasteiger partial charge in [-0.2, -0.15) is 0 Å². The van der Waals surface area contributed by atoms with Gasteiger partial charge in [0.05, 0.1) is 0 Å². The van der Waals surface area contributed by atoms with Crippen LogP contribution in [0.1, 0.15) is 30.5 Å². The Hall–Kier alpha value is -0.900. The molecule has 16 heavy (non-hydrogen) atoms. The number of methoxy groups -OCH3 is 1. The summed E-state index contributed by atoms with van der Waals surface area (Å²) in [6.07, 6.45) is 0.999. The molecule has 2 unspecified atom stereocenters. The number of nitrogens with one attached hydrogen (secondary N) is 1. The molecule has 0 aromatic heterocycles. The zero-order valence-electron chi connectivity index (χ0n) is 10.4. The number of hydrazine groups is 1. The van der Waals surface area contributed by atoms with Crippen molar-refractivity contribution in [3.63, 3.8) is 0 Å². The van der Waals surface area contributed by atoms with Crippen LogP contribution in [0, 0.1) is 12.8 Å². The minimum Gasteiger partial charge on any atom is -0.385 e. The number of nitrogens with two attached hydrogens (primary N) is 1. The van der Waals surface area contributed by atoms with Gasteiger partial charge in [-0.05, 0) is 24.8 Å². The fraction of sp³-hybridized carbons (Fsp3) is 0.538. The van der Waals surface area contributed by atoms with E-state index in [1.165, 1.54) is 11.1 Å². The maximum absolute atomic E-state index is 5.62. The Morgan fingerprint density at radius 3 is 2.44 bits per heavy atom. The van der Waals surface area contributed by atoms with Crippen LogP contribution in [0.3, 0.4) is 0 Å². The summed E-state index contributed by atoms with van der Waals surface area (Å²) in [5, 5.41) is 0. The van der Waals surface area contributed by atoms with Crippen LogP contribution in [0.25, 0.3) is 0 Å². The molecular weight excluding hydrogens is 200 g/mol. The van der Waals surface area contributed by atoms with Gasteiger partial charge in [0, 0.05) is 19.8 Å². The first-order valence-corrected chi connectivity index (χ1v) is 5.70. The van der Waals surface area contributed by atoms with E-state index in [-0.39, 0.29) is 6.04 Å². The smallest absolute Gasteiger partial charge is 0.0486 e. The summed E-state index contributed by atoms with van der Waals surface area (Å²) in [5.41, 5.74) is 5.39. The lowest BCUT2D eigenvalue weighted by atomic mass is 9.92. The Labute approximate surface area is 98.0 Å². The SMILES string of the molecule is COCCC(C)C(NN)c1ccc(C)cc1. The van der Waals surface area contributed by atoms with Gasteiger partial charge >= 0.3 is 0 Å². The van der Waals surface area contributed by atoms with E-state index >= 15 is 0 Å². The molecule has 0 amide bonds. The predicted octanol–water partition coefficient (Wildman–Crippen LogP) is 2.17. The highest BCUT2D eigenvalue weighted by Gasteiger charge is 2.17. The second kappa shape index (κ2) is 6.63. The molecule has 0 radical (unpaired) electrons. The van der Waals surface area contributed by atoms with E-state index in [1.54, 1.807) is 7.11 Å². The Morgan fingerprint density at radius 1 is 1.31 bits per heavy atom. The Kier molecular flexibility index (Phi) is 5.46. The van der Waals surface area contributed by atoms with Crippen LogP contribution in [-0.2, 0) is 4.74 Å². The topological polar surface area (TPSA) is 47.3 Å². The van der Waals surface area contributed by atoms with Crippen molar-refractivity contribution in [3.8, 4) is 0 Å². The Morgan fingerprint density at radius 2 is 1.94 bits per heavy atom. The summed E-state index contributed by atoms with van der Waals surface area (Å²) in [7, 11) is 1.73. The van der Waals surface area contributed by atoms with Gasteiger partial charge in [0.15, 0.2) is 0 Å². The first-order valence-electron chi connectivity index (χ1n) is 5.70. The summed E-state index contributed by atoms with van der Waals surface area (Å²) < 4.78 is 5.09. The van der Waals surface area contributed by atoms with E-state index in [0.717, 1.165) is 13.0 Å². The Balaban J connectivity index is 2.69. The lowest BCUT2D eigenvalue weighted by Gasteiger charge is -2.23. The number of benzene rings is 1. The van der Waals surface area contributed by atoms with Crippen molar-refractivity contribution >= 4 is 0 Å². The third-order valence-corrected chi connectivity index (χ3v) is 2.96. The van der Waals surface area contributed by atoms with Crippen molar-refractivity contribution in [1.82, 2.24) is 5.43 Å². The van der Waals surface area contributed by atoms with E-state index < -0.39 is 0 Å². The van der Waals surface area contributed by atoms with E-state index in [2.05, 4.69) is 43.5 Å². The van der Waals surface area contributed by atoms with E-state index in [4.69, 9.17) is 10.6 Å². The van der Waals surface area contributed by atoms with Crippen LogP contribution in [0.5, 0.6) is 0 Å². The lowest BCUT2D eigenvalue weighted by molar-refractivity contribution is 0.170. The highest BCUT2D eigenvalue weighted by molar-refractivity contribution is 5.24. The van der Waals surface area contributed by atoms with Crippen LogP contribution in [0.2, 0.25) is 0 Å². The van der Waals surface area contributed by atoms with E-state index in [1.807, 2.05) is 0 Å². The zero-order chi connectivity index (χ0) is 12.0. The number of rotatable bonds is 6. The summed E-state index contributed by atoms with van der Waals surface area (Å²) in [5.74, 6) is 6.08. The van der Waals surface area contributed by atoms with Crippen LogP contribution >= 0.6 is 0 Å². The molecule has 1 rings (SSSR count). The third-order valence-electron chi connectivity index (χ3n) is 2.96. The first kappa shape index (κ1) is 13.2. The fourth-order valence-electron chi connectivity index (χ4n) is 1.83. The molecule has 0 heterocycles. The van der Waals surface area contributed by atoms with E-state index in [9.17, 15) is 0 Å². The summed E-state index contributed by atoms with van der Waals surface area (Å²) in [6.45, 7) is 5.04. The molecule has 0 aliphatic carbocycles. The van der Waals surface area contributed by atoms with Crippen LogP contribution in [-0.4, -0.2) is 13.7 Å². The van der Waals surface area contributed by atoms with Gasteiger partial charge < -0.3 is 4.74 Å².